The summed E-state index contributed by atoms with van der Waals surface area (Å²) in [5.74, 6) is 0.0920. The zero-order valence-corrected chi connectivity index (χ0v) is 13.4. The summed E-state index contributed by atoms with van der Waals surface area (Å²) in [6.45, 7) is 6.97. The van der Waals surface area contributed by atoms with E-state index in [9.17, 15) is 4.79 Å². The fourth-order valence-corrected chi connectivity index (χ4v) is 2.64. The average Bonchev–Trinajstić information content (AvgIpc) is 2.50. The maximum absolute atomic E-state index is 12.4. The van der Waals surface area contributed by atoms with E-state index in [0.717, 1.165) is 38.0 Å². The number of hydrogen-bond donors (Lipinski definition) is 2. The van der Waals surface area contributed by atoms with Crippen LogP contribution in [0.3, 0.4) is 0 Å². The van der Waals surface area contributed by atoms with Crippen molar-refractivity contribution in [1.82, 2.24) is 15.5 Å². The summed E-state index contributed by atoms with van der Waals surface area (Å²) in [6, 6.07) is 8.57. The van der Waals surface area contributed by atoms with E-state index in [1.807, 2.05) is 12.1 Å². The lowest BCUT2D eigenvalue weighted by Gasteiger charge is -2.26. The molecule has 1 atom stereocenters. The first-order valence-electron chi connectivity index (χ1n) is 7.88. The summed E-state index contributed by atoms with van der Waals surface area (Å²) in [4.78, 5) is 14.6. The molecule has 1 aliphatic heterocycles. The van der Waals surface area contributed by atoms with Crippen molar-refractivity contribution in [1.29, 1.82) is 0 Å². The Balaban J connectivity index is 1.82. The van der Waals surface area contributed by atoms with Gasteiger partial charge in [0.05, 0.1) is 0 Å². The van der Waals surface area contributed by atoms with Gasteiger partial charge < -0.3 is 15.5 Å². The predicted molar refractivity (Wildman–Crippen MR) is 86.3 cm³/mol. The molecule has 0 aromatic heterocycles. The van der Waals surface area contributed by atoms with Crippen molar-refractivity contribution in [2.24, 2.45) is 0 Å². The van der Waals surface area contributed by atoms with Crippen LogP contribution >= 0.6 is 0 Å². The van der Waals surface area contributed by atoms with Gasteiger partial charge in [0.15, 0.2) is 0 Å². The Morgan fingerprint density at radius 3 is 2.95 bits per heavy atom. The molecule has 0 fully saturated rings. The van der Waals surface area contributed by atoms with Gasteiger partial charge in [0, 0.05) is 19.1 Å². The van der Waals surface area contributed by atoms with Crippen LogP contribution in [0.2, 0.25) is 0 Å². The largest absolute Gasteiger partial charge is 0.354 e. The van der Waals surface area contributed by atoms with Crippen molar-refractivity contribution in [3.63, 3.8) is 0 Å². The van der Waals surface area contributed by atoms with Gasteiger partial charge in [-0.05, 0) is 51.4 Å². The van der Waals surface area contributed by atoms with Crippen LogP contribution in [0.25, 0.3) is 0 Å². The molecular formula is C17H27N3O. The van der Waals surface area contributed by atoms with Gasteiger partial charge in [-0.15, -0.1) is 0 Å². The van der Waals surface area contributed by atoms with E-state index in [1.165, 1.54) is 5.56 Å². The van der Waals surface area contributed by atoms with Crippen molar-refractivity contribution in [2.45, 2.75) is 38.8 Å². The molecule has 0 aliphatic carbocycles. The van der Waals surface area contributed by atoms with Crippen LogP contribution < -0.4 is 10.6 Å². The lowest BCUT2D eigenvalue weighted by atomic mass is 9.94. The fraction of sp³-hybridized carbons (Fsp3) is 0.588. The van der Waals surface area contributed by atoms with Crippen molar-refractivity contribution in [3.8, 4) is 0 Å². The zero-order chi connectivity index (χ0) is 15.2. The topological polar surface area (TPSA) is 44.4 Å². The first kappa shape index (κ1) is 16.0. The van der Waals surface area contributed by atoms with Crippen molar-refractivity contribution >= 4 is 5.91 Å². The minimum absolute atomic E-state index is 0.0920. The molecular weight excluding hydrogens is 262 g/mol. The second kappa shape index (κ2) is 7.57. The predicted octanol–water partition coefficient (Wildman–Crippen LogP) is 1.72. The van der Waals surface area contributed by atoms with Gasteiger partial charge in [0.2, 0.25) is 5.91 Å². The zero-order valence-electron chi connectivity index (χ0n) is 13.4. The minimum atomic E-state index is -0.197. The van der Waals surface area contributed by atoms with Gasteiger partial charge in [-0.2, -0.15) is 0 Å². The fourth-order valence-electron chi connectivity index (χ4n) is 2.64. The molecule has 2 rings (SSSR count). The molecule has 4 nitrogen and oxygen atoms in total. The monoisotopic (exact) mass is 289 g/mol. The third kappa shape index (κ3) is 4.29. The molecule has 0 radical (unpaired) electrons. The quantitative estimate of drug-likeness (QED) is 0.784. The molecule has 1 aliphatic rings. The number of amides is 1. The number of fused-ring (bicyclic) bond motifs is 1. The lowest BCUT2D eigenvalue weighted by Crippen LogP contribution is -2.42. The highest BCUT2D eigenvalue weighted by Crippen LogP contribution is 2.22. The van der Waals surface area contributed by atoms with Crippen LogP contribution in [0.5, 0.6) is 0 Å². The standard InChI is InChI=1S/C17H27N3O/c1-13(2)20(3)12-6-10-19-17(21)16-15-8-5-4-7-14(15)9-11-18-16/h4-5,7-8,13,16,18H,6,9-12H2,1-3H3,(H,19,21). The van der Waals surface area contributed by atoms with Crippen molar-refractivity contribution < 1.29 is 4.79 Å². The van der Waals surface area contributed by atoms with E-state index in [4.69, 9.17) is 0 Å². The van der Waals surface area contributed by atoms with Gasteiger partial charge >= 0.3 is 0 Å². The van der Waals surface area contributed by atoms with E-state index in [-0.39, 0.29) is 11.9 Å². The number of nitrogens with one attached hydrogen (secondary N) is 2. The molecule has 116 valence electrons. The highest BCUT2D eigenvalue weighted by atomic mass is 16.2. The summed E-state index contributed by atoms with van der Waals surface area (Å²) in [6.07, 6.45) is 1.98. The molecule has 1 unspecified atom stereocenters. The first-order valence-corrected chi connectivity index (χ1v) is 7.88. The molecule has 4 heteroatoms. The second-order valence-electron chi connectivity index (χ2n) is 6.05. The Morgan fingerprint density at radius 1 is 1.43 bits per heavy atom. The summed E-state index contributed by atoms with van der Waals surface area (Å²) in [5.41, 5.74) is 2.41. The summed E-state index contributed by atoms with van der Waals surface area (Å²) < 4.78 is 0. The number of hydrogen-bond acceptors (Lipinski definition) is 3. The highest BCUT2D eigenvalue weighted by Gasteiger charge is 2.25. The number of nitrogens with zero attached hydrogens (tertiary/aromatic N) is 1. The SMILES string of the molecule is CC(C)N(C)CCCNC(=O)C1NCCc2ccccc21. The summed E-state index contributed by atoms with van der Waals surface area (Å²) in [5, 5.41) is 6.38. The minimum Gasteiger partial charge on any atom is -0.354 e. The number of carbonyl (C=O) groups excluding carboxylic acids is 1. The molecule has 1 heterocycles. The van der Waals surface area contributed by atoms with Gasteiger partial charge in [0.25, 0.3) is 0 Å². The van der Waals surface area contributed by atoms with E-state index in [0.29, 0.717) is 6.04 Å². The Kier molecular flexibility index (Phi) is 5.76. The van der Waals surface area contributed by atoms with E-state index in [2.05, 4.69) is 48.6 Å². The Hall–Kier alpha value is -1.39. The Labute approximate surface area is 127 Å². The third-order valence-electron chi connectivity index (χ3n) is 4.24. The maximum Gasteiger partial charge on any atom is 0.241 e. The molecule has 1 amide bonds. The third-order valence-corrected chi connectivity index (χ3v) is 4.24. The number of rotatable bonds is 6. The molecule has 2 N–H and O–H groups in total. The molecule has 21 heavy (non-hydrogen) atoms. The normalized spacial score (nSPS) is 17.9. The van der Waals surface area contributed by atoms with Gasteiger partial charge in [-0.1, -0.05) is 24.3 Å². The van der Waals surface area contributed by atoms with Gasteiger partial charge in [-0.25, -0.2) is 0 Å². The van der Waals surface area contributed by atoms with Crippen molar-refractivity contribution in [2.75, 3.05) is 26.7 Å². The summed E-state index contributed by atoms with van der Waals surface area (Å²) >= 11 is 0. The van der Waals surface area contributed by atoms with E-state index >= 15 is 0 Å². The van der Waals surface area contributed by atoms with Crippen LogP contribution in [0.4, 0.5) is 0 Å². The molecule has 0 spiro atoms. The van der Waals surface area contributed by atoms with E-state index in [1.54, 1.807) is 0 Å². The molecule has 0 bridgehead atoms. The van der Waals surface area contributed by atoms with Crippen LogP contribution in [0.15, 0.2) is 24.3 Å². The van der Waals surface area contributed by atoms with Crippen LogP contribution in [0, 0.1) is 0 Å². The second-order valence-corrected chi connectivity index (χ2v) is 6.05. The Bertz CT molecular complexity index is 473. The molecule has 1 aromatic rings. The lowest BCUT2D eigenvalue weighted by molar-refractivity contribution is -0.123. The summed E-state index contributed by atoms with van der Waals surface area (Å²) in [7, 11) is 2.12. The van der Waals surface area contributed by atoms with Gasteiger partial charge in [0.1, 0.15) is 6.04 Å². The van der Waals surface area contributed by atoms with Crippen LogP contribution in [-0.2, 0) is 11.2 Å². The van der Waals surface area contributed by atoms with Crippen molar-refractivity contribution in [3.05, 3.63) is 35.4 Å². The molecule has 1 aromatic carbocycles. The van der Waals surface area contributed by atoms with Crippen LogP contribution in [-0.4, -0.2) is 43.5 Å². The first-order chi connectivity index (χ1) is 10.1. The smallest absolute Gasteiger partial charge is 0.241 e. The molecule has 0 saturated carbocycles. The Morgan fingerprint density at radius 2 is 2.19 bits per heavy atom. The number of carbonyl (C=O) groups is 1. The van der Waals surface area contributed by atoms with E-state index < -0.39 is 0 Å². The van der Waals surface area contributed by atoms with Crippen LogP contribution in [0.1, 0.15) is 37.4 Å². The average molecular weight is 289 g/mol. The highest BCUT2D eigenvalue weighted by molar-refractivity contribution is 5.83. The maximum atomic E-state index is 12.4. The van der Waals surface area contributed by atoms with Gasteiger partial charge in [-0.3, -0.25) is 4.79 Å². The molecule has 0 saturated heterocycles. The number of benzene rings is 1.